The van der Waals surface area contributed by atoms with Gasteiger partial charge >= 0.3 is 0 Å². The SMILES string of the molecule is CCS(=O)(=O)c1ccc(C(=O)C#N)cc1. The first-order valence-corrected chi connectivity index (χ1v) is 5.93. The van der Waals surface area contributed by atoms with Crippen LogP contribution in [0.4, 0.5) is 0 Å². The van der Waals surface area contributed by atoms with E-state index in [9.17, 15) is 13.2 Å². The van der Waals surface area contributed by atoms with Gasteiger partial charge in [-0.2, -0.15) is 5.26 Å². The fourth-order valence-corrected chi connectivity index (χ4v) is 1.93. The zero-order valence-electron chi connectivity index (χ0n) is 8.10. The molecule has 0 aliphatic heterocycles. The van der Waals surface area contributed by atoms with Crippen molar-refractivity contribution in [3.05, 3.63) is 29.8 Å². The van der Waals surface area contributed by atoms with Gasteiger partial charge in [-0.25, -0.2) is 8.42 Å². The normalized spacial score (nSPS) is 10.7. The average molecular weight is 223 g/mol. The maximum absolute atomic E-state index is 11.4. The number of carbonyl (C=O) groups is 1. The molecule has 0 atom stereocenters. The molecule has 0 unspecified atom stereocenters. The number of sulfone groups is 1. The third-order valence-electron chi connectivity index (χ3n) is 1.96. The molecule has 0 radical (unpaired) electrons. The molecular weight excluding hydrogens is 214 g/mol. The fourth-order valence-electron chi connectivity index (χ4n) is 1.04. The summed E-state index contributed by atoms with van der Waals surface area (Å²) in [5.74, 6) is -0.658. The maximum Gasteiger partial charge on any atom is 0.262 e. The van der Waals surface area contributed by atoms with E-state index >= 15 is 0 Å². The minimum Gasteiger partial charge on any atom is -0.277 e. The molecule has 1 aromatic carbocycles. The Morgan fingerprint density at radius 1 is 1.33 bits per heavy atom. The third-order valence-corrected chi connectivity index (χ3v) is 3.71. The Morgan fingerprint density at radius 2 is 1.87 bits per heavy atom. The minimum absolute atomic E-state index is 0.0124. The molecule has 0 aliphatic carbocycles. The first-order chi connectivity index (χ1) is 7.01. The van der Waals surface area contributed by atoms with Crippen LogP contribution in [0.3, 0.4) is 0 Å². The highest BCUT2D eigenvalue weighted by atomic mass is 32.2. The van der Waals surface area contributed by atoms with Crippen LogP contribution < -0.4 is 0 Å². The van der Waals surface area contributed by atoms with Crippen molar-refractivity contribution in [1.29, 1.82) is 5.26 Å². The van der Waals surface area contributed by atoms with E-state index in [0.717, 1.165) is 0 Å². The molecule has 0 spiro atoms. The molecule has 78 valence electrons. The molecule has 0 N–H and O–H groups in total. The number of rotatable bonds is 3. The monoisotopic (exact) mass is 223 g/mol. The molecule has 0 amide bonds. The summed E-state index contributed by atoms with van der Waals surface area (Å²) in [4.78, 5) is 11.1. The highest BCUT2D eigenvalue weighted by Crippen LogP contribution is 2.12. The third kappa shape index (κ3) is 2.42. The second-order valence-electron chi connectivity index (χ2n) is 2.87. The Bertz CT molecular complexity index is 509. The van der Waals surface area contributed by atoms with Gasteiger partial charge in [0.25, 0.3) is 5.78 Å². The second-order valence-corrected chi connectivity index (χ2v) is 5.15. The summed E-state index contributed by atoms with van der Waals surface area (Å²) in [7, 11) is -3.24. The Hall–Kier alpha value is -1.67. The Morgan fingerprint density at radius 3 is 2.27 bits per heavy atom. The lowest BCUT2D eigenvalue weighted by Gasteiger charge is -2.00. The smallest absolute Gasteiger partial charge is 0.262 e. The zero-order valence-corrected chi connectivity index (χ0v) is 8.91. The van der Waals surface area contributed by atoms with Gasteiger partial charge in [0.05, 0.1) is 10.6 Å². The Balaban J connectivity index is 3.13. The van der Waals surface area contributed by atoms with E-state index < -0.39 is 15.6 Å². The first kappa shape index (κ1) is 11.4. The maximum atomic E-state index is 11.4. The summed E-state index contributed by atoms with van der Waals surface area (Å²) in [6, 6.07) is 6.82. The summed E-state index contributed by atoms with van der Waals surface area (Å²) >= 11 is 0. The quantitative estimate of drug-likeness (QED) is 0.569. The standard InChI is InChI=1S/C10H9NO3S/c1-2-15(13,14)9-5-3-8(4-6-9)10(12)7-11/h3-6H,2H2,1H3. The molecule has 0 aromatic heterocycles. The molecule has 0 aliphatic rings. The number of nitriles is 1. The molecule has 1 aromatic rings. The van der Waals surface area contributed by atoms with E-state index in [0.29, 0.717) is 0 Å². The van der Waals surface area contributed by atoms with Crippen molar-refractivity contribution in [2.75, 3.05) is 5.75 Å². The van der Waals surface area contributed by atoms with Gasteiger partial charge < -0.3 is 0 Å². The van der Waals surface area contributed by atoms with Crippen molar-refractivity contribution < 1.29 is 13.2 Å². The lowest BCUT2D eigenvalue weighted by atomic mass is 10.1. The van der Waals surface area contributed by atoms with Gasteiger partial charge in [0.15, 0.2) is 9.84 Å². The summed E-state index contributed by atoms with van der Waals surface area (Å²) < 4.78 is 22.8. The molecule has 4 nitrogen and oxygen atoms in total. The van der Waals surface area contributed by atoms with Gasteiger partial charge in [-0.1, -0.05) is 6.92 Å². The summed E-state index contributed by atoms with van der Waals surface area (Å²) in [6.45, 7) is 1.55. The molecule has 1 rings (SSSR count). The number of hydrogen-bond donors (Lipinski definition) is 0. The summed E-state index contributed by atoms with van der Waals surface area (Å²) in [5, 5.41) is 8.35. The number of Topliss-reactive ketones (excluding diaryl/α,β-unsaturated/α-hetero) is 1. The van der Waals surface area contributed by atoms with Crippen LogP contribution in [0.25, 0.3) is 0 Å². The van der Waals surface area contributed by atoms with Crippen LogP contribution >= 0.6 is 0 Å². The molecule has 0 saturated heterocycles. The van der Waals surface area contributed by atoms with Crippen LogP contribution in [0.15, 0.2) is 29.2 Å². The van der Waals surface area contributed by atoms with E-state index in [1.54, 1.807) is 6.92 Å². The van der Waals surface area contributed by atoms with E-state index in [1.807, 2.05) is 0 Å². The molecular formula is C10H9NO3S. The fraction of sp³-hybridized carbons (Fsp3) is 0.200. The van der Waals surface area contributed by atoms with Gasteiger partial charge in [0.1, 0.15) is 6.07 Å². The zero-order chi connectivity index (χ0) is 11.5. The second kappa shape index (κ2) is 4.24. The van der Waals surface area contributed by atoms with Crippen LogP contribution in [0.2, 0.25) is 0 Å². The van der Waals surface area contributed by atoms with Crippen LogP contribution in [-0.4, -0.2) is 20.0 Å². The van der Waals surface area contributed by atoms with Gasteiger partial charge in [0.2, 0.25) is 0 Å². The van der Waals surface area contributed by atoms with Crippen molar-refractivity contribution in [3.63, 3.8) is 0 Å². The highest BCUT2D eigenvalue weighted by molar-refractivity contribution is 7.91. The number of hydrogen-bond acceptors (Lipinski definition) is 4. The van der Waals surface area contributed by atoms with Gasteiger partial charge in [-0.15, -0.1) is 0 Å². The van der Waals surface area contributed by atoms with Gasteiger partial charge in [-0.3, -0.25) is 4.79 Å². The topological polar surface area (TPSA) is 75.0 Å². The predicted molar refractivity (Wildman–Crippen MR) is 54.1 cm³/mol. The van der Waals surface area contributed by atoms with Crippen LogP contribution in [0, 0.1) is 11.3 Å². The summed E-state index contributed by atoms with van der Waals surface area (Å²) in [6.07, 6.45) is 0. The molecule has 15 heavy (non-hydrogen) atoms. The van der Waals surface area contributed by atoms with Crippen LogP contribution in [0.5, 0.6) is 0 Å². The van der Waals surface area contributed by atoms with Gasteiger partial charge in [-0.05, 0) is 24.3 Å². The van der Waals surface area contributed by atoms with Crippen molar-refractivity contribution >= 4 is 15.6 Å². The number of benzene rings is 1. The van der Waals surface area contributed by atoms with E-state index in [4.69, 9.17) is 5.26 Å². The van der Waals surface area contributed by atoms with E-state index in [1.165, 1.54) is 30.3 Å². The van der Waals surface area contributed by atoms with Crippen molar-refractivity contribution in [3.8, 4) is 6.07 Å². The van der Waals surface area contributed by atoms with E-state index in [-0.39, 0.29) is 16.2 Å². The van der Waals surface area contributed by atoms with Crippen molar-refractivity contribution in [2.24, 2.45) is 0 Å². The van der Waals surface area contributed by atoms with Crippen molar-refractivity contribution in [1.82, 2.24) is 0 Å². The van der Waals surface area contributed by atoms with Crippen molar-refractivity contribution in [2.45, 2.75) is 11.8 Å². The number of ketones is 1. The minimum atomic E-state index is -3.24. The molecule has 0 fully saturated rings. The largest absolute Gasteiger partial charge is 0.277 e. The lowest BCUT2D eigenvalue weighted by molar-refractivity contribution is 0.105. The highest BCUT2D eigenvalue weighted by Gasteiger charge is 2.12. The molecule has 0 bridgehead atoms. The number of carbonyl (C=O) groups excluding carboxylic acids is 1. The Labute approximate surface area is 88.1 Å². The lowest BCUT2D eigenvalue weighted by Crippen LogP contribution is -2.04. The van der Waals surface area contributed by atoms with Crippen LogP contribution in [0.1, 0.15) is 17.3 Å². The number of nitrogens with zero attached hydrogens (tertiary/aromatic N) is 1. The molecule has 0 saturated carbocycles. The molecule has 0 heterocycles. The summed E-state index contributed by atoms with van der Waals surface area (Å²) in [5.41, 5.74) is 0.201. The predicted octanol–water partition coefficient (Wildman–Crippen LogP) is 1.19. The van der Waals surface area contributed by atoms with Gasteiger partial charge in [0, 0.05) is 5.56 Å². The first-order valence-electron chi connectivity index (χ1n) is 4.28. The average Bonchev–Trinajstić information content (AvgIpc) is 2.28. The van der Waals surface area contributed by atoms with Crippen LogP contribution in [-0.2, 0) is 9.84 Å². The molecule has 5 heteroatoms. The Kier molecular flexibility index (Phi) is 3.22. The van der Waals surface area contributed by atoms with E-state index in [2.05, 4.69) is 0 Å².